The van der Waals surface area contributed by atoms with Crippen LogP contribution in [-0.2, 0) is 23.3 Å². The molecule has 1 amide bonds. The maximum Gasteiger partial charge on any atom is 0.272 e. The zero-order valence-electron chi connectivity index (χ0n) is 18.7. The molecule has 0 atom stereocenters. The first-order valence-electron chi connectivity index (χ1n) is 10.5. The Morgan fingerprint density at radius 3 is 2.67 bits per heavy atom. The average Bonchev–Trinajstić information content (AvgIpc) is 3.08. The number of ether oxygens (including phenoxy) is 1. The maximum atomic E-state index is 13.2. The number of fused-ring (bicyclic) bond motifs is 1. The molecule has 0 bridgehead atoms. The van der Waals surface area contributed by atoms with Crippen molar-refractivity contribution in [2.75, 3.05) is 26.5 Å². The highest BCUT2D eigenvalue weighted by atomic mass is 19.3. The summed E-state index contributed by atoms with van der Waals surface area (Å²) in [7, 11) is 0. The standard InChI is InChI=1S/C23H29F4N3O3/c1-23(2,32)20-12-17-18(19(29-20)11-16(7-10-28)33-14-21(26)27)13-30(22(17)31)15(6-9-25)5-3-4-8-24/h3,5-7,12,21,32H,4,8-11,13-14,28H2,1-2H3/b5-3-,15-6+,16-7+. The summed E-state index contributed by atoms with van der Waals surface area (Å²) in [6, 6.07) is 1.46. The minimum absolute atomic E-state index is 0.0306. The molecular formula is C23H29F4N3O3. The predicted molar refractivity (Wildman–Crippen MR) is 116 cm³/mol. The van der Waals surface area contributed by atoms with Crippen molar-refractivity contribution >= 4 is 5.91 Å². The third kappa shape index (κ3) is 7.13. The second kappa shape index (κ2) is 11.9. The molecule has 6 nitrogen and oxygen atoms in total. The van der Waals surface area contributed by atoms with Crippen LogP contribution in [0, 0.1) is 0 Å². The molecule has 3 N–H and O–H groups in total. The molecule has 1 aromatic heterocycles. The van der Waals surface area contributed by atoms with Crippen LogP contribution < -0.4 is 5.73 Å². The van der Waals surface area contributed by atoms with E-state index in [0.717, 1.165) is 0 Å². The summed E-state index contributed by atoms with van der Waals surface area (Å²) in [5, 5.41) is 10.5. The van der Waals surface area contributed by atoms with E-state index in [0.29, 0.717) is 11.3 Å². The van der Waals surface area contributed by atoms with Gasteiger partial charge in [-0.3, -0.25) is 14.2 Å². The number of aliphatic hydroxyl groups is 1. The molecule has 0 unspecified atom stereocenters. The fourth-order valence-electron chi connectivity index (χ4n) is 3.30. The topological polar surface area (TPSA) is 88.7 Å². The van der Waals surface area contributed by atoms with Crippen LogP contribution in [0.15, 0.2) is 41.8 Å². The van der Waals surface area contributed by atoms with Gasteiger partial charge in [0, 0.05) is 29.8 Å². The molecule has 0 saturated heterocycles. The van der Waals surface area contributed by atoms with Crippen molar-refractivity contribution in [3.05, 3.63) is 64.3 Å². The Hall–Kier alpha value is -2.72. The number of nitrogens with zero attached hydrogens (tertiary/aromatic N) is 2. The third-order valence-corrected chi connectivity index (χ3v) is 4.87. The molecular weight excluding hydrogens is 442 g/mol. The van der Waals surface area contributed by atoms with E-state index in [1.165, 1.54) is 49.1 Å². The Kier molecular flexibility index (Phi) is 9.60. The minimum atomic E-state index is -2.69. The van der Waals surface area contributed by atoms with Crippen molar-refractivity contribution in [2.45, 2.75) is 45.3 Å². The summed E-state index contributed by atoms with van der Waals surface area (Å²) in [5.41, 5.74) is 5.71. The van der Waals surface area contributed by atoms with Crippen molar-refractivity contribution in [3.63, 3.8) is 0 Å². The highest BCUT2D eigenvalue weighted by Crippen LogP contribution is 2.33. The van der Waals surface area contributed by atoms with Crippen molar-refractivity contribution in [3.8, 4) is 0 Å². The average molecular weight is 471 g/mol. The Labute approximate surface area is 190 Å². The number of alkyl halides is 4. The molecule has 0 aliphatic carbocycles. The van der Waals surface area contributed by atoms with Crippen LogP contribution in [0.2, 0.25) is 0 Å². The van der Waals surface area contributed by atoms with Gasteiger partial charge < -0.3 is 20.5 Å². The number of hydrogen-bond acceptors (Lipinski definition) is 5. The van der Waals surface area contributed by atoms with Gasteiger partial charge in [0.05, 0.1) is 30.4 Å². The zero-order valence-corrected chi connectivity index (χ0v) is 18.7. The molecule has 182 valence electrons. The molecule has 10 heteroatoms. The molecule has 33 heavy (non-hydrogen) atoms. The number of allylic oxidation sites excluding steroid dienone is 4. The lowest BCUT2D eigenvalue weighted by molar-refractivity contribution is 0.0466. The first kappa shape index (κ1) is 26.5. The first-order chi connectivity index (χ1) is 15.6. The summed E-state index contributed by atoms with van der Waals surface area (Å²) in [6.07, 6.45) is 3.01. The van der Waals surface area contributed by atoms with Crippen LogP contribution in [0.3, 0.4) is 0 Å². The molecule has 0 radical (unpaired) electrons. The van der Waals surface area contributed by atoms with Crippen LogP contribution in [-0.4, -0.2) is 53.8 Å². The Balaban J connectivity index is 2.50. The number of nitrogens with two attached hydrogens (primary N) is 1. The lowest BCUT2D eigenvalue weighted by atomic mass is 9.98. The fourth-order valence-corrected chi connectivity index (χ4v) is 3.30. The normalized spacial score (nSPS) is 15.2. The zero-order chi connectivity index (χ0) is 24.6. The predicted octanol–water partition coefficient (Wildman–Crippen LogP) is 3.70. The van der Waals surface area contributed by atoms with Gasteiger partial charge in [0.15, 0.2) is 0 Å². The van der Waals surface area contributed by atoms with Crippen LogP contribution in [0.4, 0.5) is 17.6 Å². The number of halogens is 4. The van der Waals surface area contributed by atoms with Gasteiger partial charge in [-0.2, -0.15) is 0 Å². The summed E-state index contributed by atoms with van der Waals surface area (Å²) >= 11 is 0. The number of pyridine rings is 1. The molecule has 0 fully saturated rings. The van der Waals surface area contributed by atoms with Crippen LogP contribution in [0.25, 0.3) is 0 Å². The molecule has 0 saturated carbocycles. The van der Waals surface area contributed by atoms with E-state index in [-0.39, 0.29) is 48.6 Å². The van der Waals surface area contributed by atoms with Gasteiger partial charge in [-0.15, -0.1) is 0 Å². The van der Waals surface area contributed by atoms with Crippen molar-refractivity contribution in [2.24, 2.45) is 5.73 Å². The number of rotatable bonds is 12. The summed E-state index contributed by atoms with van der Waals surface area (Å²) in [5.74, 6) is -0.282. The molecule has 0 aromatic carbocycles. The smallest absolute Gasteiger partial charge is 0.272 e. The quantitative estimate of drug-likeness (QED) is 0.276. The van der Waals surface area contributed by atoms with Gasteiger partial charge in [0.2, 0.25) is 0 Å². The molecule has 1 aliphatic rings. The van der Waals surface area contributed by atoms with Gasteiger partial charge >= 0.3 is 0 Å². The molecule has 0 spiro atoms. The number of hydrogen-bond donors (Lipinski definition) is 2. The van der Waals surface area contributed by atoms with E-state index in [1.807, 2.05) is 0 Å². The minimum Gasteiger partial charge on any atom is -0.492 e. The van der Waals surface area contributed by atoms with Gasteiger partial charge in [0.25, 0.3) is 12.3 Å². The van der Waals surface area contributed by atoms with Crippen molar-refractivity contribution in [1.82, 2.24) is 9.88 Å². The van der Waals surface area contributed by atoms with E-state index >= 15 is 0 Å². The number of carbonyl (C=O) groups is 1. The maximum absolute atomic E-state index is 13.2. The SMILES string of the molecule is CC(C)(O)c1cc2c(c(C/C(=C\CN)OCC(F)F)n1)CN(C(/C=C\CCF)=C/CF)C2=O. The van der Waals surface area contributed by atoms with E-state index < -0.39 is 37.9 Å². The monoisotopic (exact) mass is 471 g/mol. The molecule has 2 rings (SSSR count). The van der Waals surface area contributed by atoms with E-state index in [1.54, 1.807) is 0 Å². The van der Waals surface area contributed by atoms with Crippen LogP contribution in [0.1, 0.15) is 47.6 Å². The summed E-state index contributed by atoms with van der Waals surface area (Å²) in [6.45, 7) is 0.833. The van der Waals surface area contributed by atoms with Gasteiger partial charge in [-0.1, -0.05) is 6.08 Å². The van der Waals surface area contributed by atoms with Gasteiger partial charge in [0.1, 0.15) is 18.9 Å². The molecule has 2 heterocycles. The summed E-state index contributed by atoms with van der Waals surface area (Å²) in [4.78, 5) is 19.0. The van der Waals surface area contributed by atoms with E-state index in [2.05, 4.69) is 4.98 Å². The highest BCUT2D eigenvalue weighted by molar-refractivity contribution is 6.00. The number of amides is 1. The molecule has 1 aliphatic heterocycles. The second-order valence-electron chi connectivity index (χ2n) is 7.88. The Morgan fingerprint density at radius 1 is 1.36 bits per heavy atom. The number of carbonyl (C=O) groups excluding carboxylic acids is 1. The molecule has 1 aromatic rings. The second-order valence-corrected chi connectivity index (χ2v) is 7.88. The lowest BCUT2D eigenvalue weighted by Gasteiger charge is -2.20. The number of aromatic nitrogens is 1. The highest BCUT2D eigenvalue weighted by Gasteiger charge is 2.34. The Bertz CT molecular complexity index is 924. The van der Waals surface area contributed by atoms with Gasteiger partial charge in [-0.25, -0.2) is 13.2 Å². The van der Waals surface area contributed by atoms with Crippen LogP contribution >= 0.6 is 0 Å². The fraction of sp³-hybridized carbons (Fsp3) is 0.478. The van der Waals surface area contributed by atoms with Crippen molar-refractivity contribution in [1.29, 1.82) is 0 Å². The van der Waals surface area contributed by atoms with E-state index in [4.69, 9.17) is 10.5 Å². The largest absolute Gasteiger partial charge is 0.492 e. The summed E-state index contributed by atoms with van der Waals surface area (Å²) < 4.78 is 56.0. The van der Waals surface area contributed by atoms with Gasteiger partial charge in [-0.05, 0) is 44.6 Å². The van der Waals surface area contributed by atoms with Crippen LogP contribution in [0.5, 0.6) is 0 Å². The lowest BCUT2D eigenvalue weighted by Crippen LogP contribution is -2.23. The third-order valence-electron chi connectivity index (χ3n) is 4.87. The Morgan fingerprint density at radius 2 is 2.09 bits per heavy atom. The van der Waals surface area contributed by atoms with Crippen molar-refractivity contribution < 1.29 is 32.2 Å². The van der Waals surface area contributed by atoms with E-state index in [9.17, 15) is 27.5 Å². The first-order valence-corrected chi connectivity index (χ1v) is 10.5.